The highest BCUT2D eigenvalue weighted by Gasteiger charge is 2.42. The summed E-state index contributed by atoms with van der Waals surface area (Å²) in [5.74, 6) is -1.49. The van der Waals surface area contributed by atoms with Gasteiger partial charge in [-0.3, -0.25) is 14.6 Å². The SMILES string of the molecule is CN(C)S(=O)(=O)CC(=O)[C@@H]1CN(C(=O)N(c2ccccc2)c2ccccc2)CCN1C(=O)N1c2ccccc2C=Cc2ccccc21. The van der Waals surface area contributed by atoms with Crippen molar-refractivity contribution in [3.8, 4) is 0 Å². The van der Waals surface area contributed by atoms with E-state index in [4.69, 9.17) is 0 Å². The first-order valence-corrected chi connectivity index (χ1v) is 16.9. The fraction of sp³-hybridized carbons (Fsp3) is 0.194. The van der Waals surface area contributed by atoms with Crippen LogP contribution in [0.25, 0.3) is 12.2 Å². The minimum atomic E-state index is -3.96. The average Bonchev–Trinajstić information content (AvgIpc) is 3.25. The zero-order valence-electron chi connectivity index (χ0n) is 26.1. The standard InChI is InChI=1S/C36H35N5O5S/c1-37(2)47(45,46)26-34(42)33-25-38(35(43)40(29-15-5-3-6-16-29)30-17-7-4-8-18-30)23-24-39(33)36(44)41-31-19-11-9-13-27(31)21-22-28-14-10-12-20-32(28)41/h3-22,33H,23-26H2,1-2H3/t33-/m0/s1. The van der Waals surface area contributed by atoms with Gasteiger partial charge in [-0.15, -0.1) is 0 Å². The molecular formula is C36H35N5O5S. The second kappa shape index (κ2) is 13.2. The van der Waals surface area contributed by atoms with Crippen LogP contribution in [0.1, 0.15) is 11.1 Å². The van der Waals surface area contributed by atoms with Gasteiger partial charge < -0.3 is 9.80 Å². The molecule has 0 unspecified atom stereocenters. The summed E-state index contributed by atoms with van der Waals surface area (Å²) in [6.07, 6.45) is 3.87. The number of amides is 4. The number of carbonyl (C=O) groups excluding carboxylic acids is 3. The highest BCUT2D eigenvalue weighted by Crippen LogP contribution is 2.38. The topological polar surface area (TPSA) is 102 Å². The van der Waals surface area contributed by atoms with Gasteiger partial charge in [0.1, 0.15) is 11.8 Å². The van der Waals surface area contributed by atoms with Crippen LogP contribution in [0.2, 0.25) is 0 Å². The first-order chi connectivity index (χ1) is 22.7. The van der Waals surface area contributed by atoms with Crippen LogP contribution < -0.4 is 9.80 Å². The molecule has 4 aromatic rings. The Morgan fingerprint density at radius 1 is 0.702 bits per heavy atom. The van der Waals surface area contributed by atoms with E-state index >= 15 is 0 Å². The Morgan fingerprint density at radius 2 is 1.19 bits per heavy atom. The number of urea groups is 2. The lowest BCUT2D eigenvalue weighted by Gasteiger charge is -2.43. The first kappa shape index (κ1) is 31.7. The van der Waals surface area contributed by atoms with Gasteiger partial charge in [0.2, 0.25) is 10.0 Å². The number of rotatable bonds is 6. The molecule has 2 aliphatic heterocycles. The molecule has 0 aromatic heterocycles. The van der Waals surface area contributed by atoms with Crippen LogP contribution in [0.3, 0.4) is 0 Å². The number of carbonyl (C=O) groups is 3. The van der Waals surface area contributed by atoms with Crippen molar-refractivity contribution in [1.29, 1.82) is 0 Å². The van der Waals surface area contributed by atoms with E-state index in [1.807, 2.05) is 121 Å². The largest absolute Gasteiger partial charge is 0.329 e. The molecule has 0 spiro atoms. The number of benzene rings is 4. The number of fused-ring (bicyclic) bond motifs is 2. The molecule has 240 valence electrons. The van der Waals surface area contributed by atoms with Crippen molar-refractivity contribution in [3.05, 3.63) is 120 Å². The lowest BCUT2D eigenvalue weighted by Crippen LogP contribution is -2.63. The maximum atomic E-state index is 14.7. The van der Waals surface area contributed by atoms with E-state index in [2.05, 4.69) is 0 Å². The van der Waals surface area contributed by atoms with Crippen molar-refractivity contribution < 1.29 is 22.8 Å². The third kappa shape index (κ3) is 6.40. The third-order valence-electron chi connectivity index (χ3n) is 8.36. The van der Waals surface area contributed by atoms with Gasteiger partial charge in [0.25, 0.3) is 0 Å². The minimum absolute atomic E-state index is 0.00860. The number of hydrogen-bond donors (Lipinski definition) is 0. The van der Waals surface area contributed by atoms with Crippen molar-refractivity contribution >= 4 is 62.8 Å². The Bertz CT molecular complexity index is 1840. The van der Waals surface area contributed by atoms with E-state index in [0.717, 1.165) is 15.4 Å². The lowest BCUT2D eigenvalue weighted by molar-refractivity contribution is -0.122. The van der Waals surface area contributed by atoms with E-state index in [-0.39, 0.29) is 19.6 Å². The van der Waals surface area contributed by atoms with Crippen LogP contribution in [0.15, 0.2) is 109 Å². The van der Waals surface area contributed by atoms with Gasteiger partial charge in [-0.05, 0) is 47.5 Å². The predicted octanol–water partition coefficient (Wildman–Crippen LogP) is 5.83. The molecule has 11 heteroatoms. The third-order valence-corrected chi connectivity index (χ3v) is 10.1. The molecule has 10 nitrogen and oxygen atoms in total. The monoisotopic (exact) mass is 649 g/mol. The van der Waals surface area contributed by atoms with E-state index in [1.54, 1.807) is 9.80 Å². The summed E-state index contributed by atoms with van der Waals surface area (Å²) in [6, 6.07) is 31.2. The number of anilines is 4. The molecule has 4 aromatic carbocycles. The molecule has 0 saturated carbocycles. The maximum Gasteiger partial charge on any atom is 0.329 e. The predicted molar refractivity (Wildman–Crippen MR) is 184 cm³/mol. The Morgan fingerprint density at radius 3 is 1.70 bits per heavy atom. The molecule has 1 atom stereocenters. The van der Waals surface area contributed by atoms with E-state index in [1.165, 1.54) is 23.9 Å². The van der Waals surface area contributed by atoms with Crippen LogP contribution in [0.4, 0.5) is 32.3 Å². The number of nitrogens with zero attached hydrogens (tertiary/aromatic N) is 5. The normalized spacial score (nSPS) is 15.9. The molecule has 1 fully saturated rings. The van der Waals surface area contributed by atoms with Gasteiger partial charge in [-0.2, -0.15) is 0 Å². The van der Waals surface area contributed by atoms with Crippen LogP contribution in [0, 0.1) is 0 Å². The molecule has 4 amide bonds. The number of ketones is 1. The number of Topliss-reactive ketones (excluding diaryl/α,β-unsaturated/α-hetero) is 1. The summed E-state index contributed by atoms with van der Waals surface area (Å²) in [5, 5.41) is 0. The highest BCUT2D eigenvalue weighted by atomic mass is 32.2. The first-order valence-electron chi connectivity index (χ1n) is 15.2. The molecule has 2 aliphatic rings. The molecule has 47 heavy (non-hydrogen) atoms. The van der Waals surface area contributed by atoms with Gasteiger partial charge >= 0.3 is 12.1 Å². The zero-order chi connectivity index (χ0) is 33.1. The van der Waals surface area contributed by atoms with E-state index < -0.39 is 39.7 Å². The van der Waals surface area contributed by atoms with E-state index in [9.17, 15) is 22.8 Å². The molecule has 2 heterocycles. The van der Waals surface area contributed by atoms with Gasteiger partial charge in [0.05, 0.1) is 29.3 Å². The Kier molecular flexibility index (Phi) is 8.93. The summed E-state index contributed by atoms with van der Waals surface area (Å²) in [6.45, 7) is -0.0487. The van der Waals surface area contributed by atoms with Gasteiger partial charge in [0.15, 0.2) is 5.78 Å². The van der Waals surface area contributed by atoms with Crippen molar-refractivity contribution in [3.63, 3.8) is 0 Å². The number of sulfonamides is 1. The van der Waals surface area contributed by atoms with Gasteiger partial charge in [-0.1, -0.05) is 84.9 Å². The van der Waals surface area contributed by atoms with E-state index in [0.29, 0.717) is 22.7 Å². The molecule has 0 aliphatic carbocycles. The molecule has 0 radical (unpaired) electrons. The van der Waals surface area contributed by atoms with Crippen LogP contribution in [-0.2, 0) is 14.8 Å². The summed E-state index contributed by atoms with van der Waals surface area (Å²) in [4.78, 5) is 49.0. The van der Waals surface area contributed by atoms with Crippen LogP contribution in [0.5, 0.6) is 0 Å². The lowest BCUT2D eigenvalue weighted by atomic mass is 10.1. The number of piperazine rings is 1. The van der Waals surface area contributed by atoms with Crippen molar-refractivity contribution in [1.82, 2.24) is 14.1 Å². The Labute approximate surface area is 274 Å². The second-order valence-electron chi connectivity index (χ2n) is 11.5. The maximum absolute atomic E-state index is 14.7. The molecule has 0 N–H and O–H groups in total. The van der Waals surface area contributed by atoms with Crippen molar-refractivity contribution in [2.24, 2.45) is 0 Å². The quantitative estimate of drug-likeness (QED) is 0.262. The highest BCUT2D eigenvalue weighted by molar-refractivity contribution is 7.89. The Balaban J connectivity index is 1.38. The summed E-state index contributed by atoms with van der Waals surface area (Å²) in [5.41, 5.74) is 4.14. The van der Waals surface area contributed by atoms with Crippen LogP contribution >= 0.6 is 0 Å². The second-order valence-corrected chi connectivity index (χ2v) is 13.7. The average molecular weight is 650 g/mol. The van der Waals surface area contributed by atoms with Crippen LogP contribution in [-0.4, -0.2) is 85.9 Å². The van der Waals surface area contributed by atoms with Crippen molar-refractivity contribution in [2.45, 2.75) is 6.04 Å². The molecule has 6 rings (SSSR count). The summed E-state index contributed by atoms with van der Waals surface area (Å²) < 4.78 is 26.8. The number of hydrogen-bond acceptors (Lipinski definition) is 5. The van der Waals surface area contributed by atoms with Crippen molar-refractivity contribution in [2.75, 3.05) is 49.3 Å². The number of para-hydroxylation sites is 4. The van der Waals surface area contributed by atoms with Gasteiger partial charge in [-0.25, -0.2) is 22.3 Å². The zero-order valence-corrected chi connectivity index (χ0v) is 27.0. The fourth-order valence-electron chi connectivity index (χ4n) is 5.84. The molecular weight excluding hydrogens is 614 g/mol. The van der Waals surface area contributed by atoms with Gasteiger partial charge in [0, 0.05) is 27.2 Å². The fourth-order valence-corrected chi connectivity index (χ4v) is 6.65. The Hall–Kier alpha value is -5.26. The summed E-state index contributed by atoms with van der Waals surface area (Å²) >= 11 is 0. The minimum Gasteiger partial charge on any atom is -0.320 e. The summed E-state index contributed by atoms with van der Waals surface area (Å²) in [7, 11) is -1.24. The molecule has 1 saturated heterocycles. The molecule has 0 bridgehead atoms. The smallest absolute Gasteiger partial charge is 0.320 e.